The fourth-order valence-electron chi connectivity index (χ4n) is 0.663. The molecule has 3 N–H and O–H groups in total. The van der Waals surface area contributed by atoms with E-state index < -0.39 is 12.1 Å². The molecule has 0 spiro atoms. The molecular formula is C7H15NO3S. The van der Waals surface area contributed by atoms with Gasteiger partial charge in [-0.05, 0) is 6.92 Å². The van der Waals surface area contributed by atoms with Gasteiger partial charge in [-0.15, -0.1) is 0 Å². The van der Waals surface area contributed by atoms with Crippen LogP contribution >= 0.6 is 11.8 Å². The van der Waals surface area contributed by atoms with Gasteiger partial charge in [-0.1, -0.05) is 25.6 Å². The van der Waals surface area contributed by atoms with Crippen LogP contribution in [-0.4, -0.2) is 32.8 Å². The second-order valence-electron chi connectivity index (χ2n) is 2.83. The Kier molecular flexibility index (Phi) is 5.48. The van der Waals surface area contributed by atoms with Gasteiger partial charge in [0.25, 0.3) is 0 Å². The summed E-state index contributed by atoms with van der Waals surface area (Å²) in [6.45, 7) is 5.20. The Morgan fingerprint density at radius 3 is 2.17 bits per heavy atom. The molecule has 0 saturated heterocycles. The molecule has 0 saturated carbocycles. The van der Waals surface area contributed by atoms with Gasteiger partial charge in [0.1, 0.15) is 6.04 Å². The summed E-state index contributed by atoms with van der Waals surface area (Å²) in [4.78, 5) is 11.2. The summed E-state index contributed by atoms with van der Waals surface area (Å²) in [6.07, 6.45) is -0.881. The molecule has 5 heteroatoms. The molecule has 0 aliphatic carbocycles. The molecule has 72 valence electrons. The summed E-state index contributed by atoms with van der Waals surface area (Å²) < 4.78 is 0. The van der Waals surface area contributed by atoms with Gasteiger partial charge in [-0.3, -0.25) is 4.79 Å². The Morgan fingerprint density at radius 1 is 1.42 bits per heavy atom. The van der Waals surface area contributed by atoms with Crippen molar-refractivity contribution in [3.63, 3.8) is 0 Å². The van der Waals surface area contributed by atoms with E-state index in [1.807, 2.05) is 13.8 Å². The van der Waals surface area contributed by atoms with Crippen molar-refractivity contribution in [3.8, 4) is 0 Å². The Morgan fingerprint density at radius 2 is 1.92 bits per heavy atom. The maximum Gasteiger partial charge on any atom is 0.211 e. The van der Waals surface area contributed by atoms with Gasteiger partial charge < -0.3 is 10.3 Å². The molecule has 0 radical (unpaired) electrons. The van der Waals surface area contributed by atoms with Crippen molar-refractivity contribution in [3.05, 3.63) is 0 Å². The zero-order valence-electron chi connectivity index (χ0n) is 7.44. The van der Waals surface area contributed by atoms with Crippen molar-refractivity contribution in [1.29, 1.82) is 0 Å². The Bertz CT molecular complexity index is 150. The van der Waals surface area contributed by atoms with Gasteiger partial charge in [0.05, 0.1) is 6.10 Å². The van der Waals surface area contributed by atoms with E-state index in [0.717, 1.165) is 11.8 Å². The summed E-state index contributed by atoms with van der Waals surface area (Å²) in [5, 5.41) is 17.5. The van der Waals surface area contributed by atoms with E-state index in [2.05, 4.69) is 0 Å². The molecule has 0 aromatic heterocycles. The van der Waals surface area contributed by atoms with Crippen LogP contribution in [0.1, 0.15) is 20.8 Å². The number of carbonyl (C=O) groups excluding carboxylic acids is 1. The molecule has 0 aliphatic heterocycles. The first-order valence-corrected chi connectivity index (χ1v) is 4.65. The molecule has 0 aromatic carbocycles. The van der Waals surface area contributed by atoms with Crippen molar-refractivity contribution < 1.29 is 15.1 Å². The summed E-state index contributed by atoms with van der Waals surface area (Å²) >= 11 is 1.09. The fraction of sp³-hybridized carbons (Fsp3) is 0.857. The van der Waals surface area contributed by atoms with Crippen molar-refractivity contribution in [2.24, 2.45) is 0 Å². The lowest BCUT2D eigenvalue weighted by Gasteiger charge is -2.16. The number of thioether (sulfide) groups is 1. The van der Waals surface area contributed by atoms with E-state index in [1.165, 1.54) is 6.92 Å². The molecule has 0 unspecified atom stereocenters. The van der Waals surface area contributed by atoms with Crippen LogP contribution in [0.15, 0.2) is 0 Å². The lowest BCUT2D eigenvalue weighted by molar-refractivity contribution is -0.118. The first-order chi connectivity index (χ1) is 5.49. The molecule has 0 amide bonds. The predicted octanol–water partition coefficient (Wildman–Crippen LogP) is 0.383. The SMILES string of the molecule is CC(C)SC(=O)[C@@H](NO)[C@@H](C)O. The van der Waals surface area contributed by atoms with Crippen LogP contribution in [0.4, 0.5) is 0 Å². The van der Waals surface area contributed by atoms with Crippen molar-refractivity contribution in [1.82, 2.24) is 5.48 Å². The van der Waals surface area contributed by atoms with Gasteiger partial charge in [0.15, 0.2) is 0 Å². The third kappa shape index (κ3) is 4.06. The van der Waals surface area contributed by atoms with Crippen LogP contribution in [0, 0.1) is 0 Å². The third-order valence-corrected chi connectivity index (χ3v) is 2.18. The molecule has 2 atom stereocenters. The van der Waals surface area contributed by atoms with E-state index >= 15 is 0 Å². The monoisotopic (exact) mass is 193 g/mol. The average Bonchev–Trinajstić information content (AvgIpc) is 1.85. The molecule has 12 heavy (non-hydrogen) atoms. The number of hydrogen-bond acceptors (Lipinski definition) is 5. The van der Waals surface area contributed by atoms with Crippen molar-refractivity contribution in [2.45, 2.75) is 38.2 Å². The van der Waals surface area contributed by atoms with Crippen LogP contribution in [0.25, 0.3) is 0 Å². The Labute approximate surface area is 76.3 Å². The maximum atomic E-state index is 11.2. The third-order valence-electron chi connectivity index (χ3n) is 1.23. The van der Waals surface area contributed by atoms with Crippen molar-refractivity contribution in [2.75, 3.05) is 0 Å². The minimum atomic E-state index is -0.891. The largest absolute Gasteiger partial charge is 0.391 e. The summed E-state index contributed by atoms with van der Waals surface area (Å²) in [5.41, 5.74) is 1.79. The summed E-state index contributed by atoms with van der Waals surface area (Å²) in [5.74, 6) is 0. The smallest absolute Gasteiger partial charge is 0.211 e. The maximum absolute atomic E-state index is 11.2. The summed E-state index contributed by atoms with van der Waals surface area (Å²) in [7, 11) is 0. The van der Waals surface area contributed by atoms with E-state index in [1.54, 1.807) is 5.48 Å². The number of hydroxylamine groups is 1. The topological polar surface area (TPSA) is 69.6 Å². The number of aliphatic hydroxyl groups is 1. The van der Waals surface area contributed by atoms with Crippen LogP contribution < -0.4 is 5.48 Å². The molecule has 0 fully saturated rings. The second-order valence-corrected chi connectivity index (χ2v) is 4.41. The Hall–Kier alpha value is -0.100. The van der Waals surface area contributed by atoms with Gasteiger partial charge in [-0.25, -0.2) is 0 Å². The average molecular weight is 193 g/mol. The van der Waals surface area contributed by atoms with Crippen LogP contribution in [0.3, 0.4) is 0 Å². The number of rotatable bonds is 4. The second kappa shape index (κ2) is 5.53. The zero-order valence-corrected chi connectivity index (χ0v) is 8.26. The van der Waals surface area contributed by atoms with Gasteiger partial charge in [0, 0.05) is 5.25 Å². The van der Waals surface area contributed by atoms with Crippen LogP contribution in [-0.2, 0) is 4.79 Å². The van der Waals surface area contributed by atoms with Gasteiger partial charge >= 0.3 is 0 Å². The zero-order chi connectivity index (χ0) is 9.72. The molecule has 0 heterocycles. The lowest BCUT2D eigenvalue weighted by atomic mass is 10.2. The number of carbonyl (C=O) groups is 1. The van der Waals surface area contributed by atoms with E-state index in [-0.39, 0.29) is 10.4 Å². The highest BCUT2D eigenvalue weighted by molar-refractivity contribution is 8.14. The molecule has 4 nitrogen and oxygen atoms in total. The number of nitrogens with one attached hydrogen (secondary N) is 1. The minimum absolute atomic E-state index is 0.159. The van der Waals surface area contributed by atoms with Crippen LogP contribution in [0.2, 0.25) is 0 Å². The van der Waals surface area contributed by atoms with Crippen LogP contribution in [0.5, 0.6) is 0 Å². The molecule has 0 rings (SSSR count). The quantitative estimate of drug-likeness (QED) is 0.563. The minimum Gasteiger partial charge on any atom is -0.391 e. The highest BCUT2D eigenvalue weighted by atomic mass is 32.2. The number of aliphatic hydroxyl groups excluding tert-OH is 1. The van der Waals surface area contributed by atoms with Gasteiger partial charge in [0.2, 0.25) is 5.12 Å². The summed E-state index contributed by atoms with van der Waals surface area (Å²) in [6, 6.07) is -0.891. The number of hydrogen-bond donors (Lipinski definition) is 3. The standard InChI is InChI=1S/C7H15NO3S/c1-4(2)12-7(10)6(8-11)5(3)9/h4-6,8-9,11H,1-3H3/t5-,6+/m1/s1. The predicted molar refractivity (Wildman–Crippen MR) is 48.1 cm³/mol. The molecule has 0 aliphatic rings. The molecule has 0 bridgehead atoms. The first-order valence-electron chi connectivity index (χ1n) is 3.77. The Balaban J connectivity index is 4.04. The lowest BCUT2D eigenvalue weighted by Crippen LogP contribution is -2.42. The van der Waals surface area contributed by atoms with E-state index in [0.29, 0.717) is 0 Å². The molecular weight excluding hydrogens is 178 g/mol. The van der Waals surface area contributed by atoms with E-state index in [4.69, 9.17) is 10.3 Å². The normalized spacial score (nSPS) is 16.2. The first kappa shape index (κ1) is 11.9. The fourth-order valence-corrected chi connectivity index (χ4v) is 1.52. The highest BCUT2D eigenvalue weighted by Crippen LogP contribution is 2.14. The van der Waals surface area contributed by atoms with Crippen molar-refractivity contribution >= 4 is 16.9 Å². The highest BCUT2D eigenvalue weighted by Gasteiger charge is 2.23. The molecule has 0 aromatic rings. The van der Waals surface area contributed by atoms with E-state index in [9.17, 15) is 4.79 Å². The van der Waals surface area contributed by atoms with Gasteiger partial charge in [-0.2, -0.15) is 5.48 Å².